The first kappa shape index (κ1) is 11.9. The fourth-order valence-electron chi connectivity index (χ4n) is 2.64. The highest BCUT2D eigenvalue weighted by molar-refractivity contribution is 4.91. The van der Waals surface area contributed by atoms with Crippen molar-refractivity contribution in [3.05, 3.63) is 0 Å². The fraction of sp³-hybridized carbons (Fsp3) is 0.846. The van der Waals surface area contributed by atoms with Crippen molar-refractivity contribution in [2.24, 2.45) is 0 Å². The molecule has 3 nitrogen and oxygen atoms in total. The number of piperidine rings is 1. The van der Waals surface area contributed by atoms with Crippen LogP contribution in [-0.2, 0) is 4.74 Å². The van der Waals surface area contributed by atoms with Crippen LogP contribution < -0.4 is 5.32 Å². The number of nitrogens with one attached hydrogen (secondary N) is 1. The zero-order chi connectivity index (χ0) is 11.4. The minimum atomic E-state index is 0.378. The van der Waals surface area contributed by atoms with Gasteiger partial charge in [0.2, 0.25) is 0 Å². The van der Waals surface area contributed by atoms with E-state index in [4.69, 9.17) is 11.2 Å². The zero-order valence-electron chi connectivity index (χ0n) is 10.1. The van der Waals surface area contributed by atoms with Gasteiger partial charge in [-0.2, -0.15) is 0 Å². The Balaban J connectivity index is 1.71. The molecule has 0 aromatic carbocycles. The predicted molar refractivity (Wildman–Crippen MR) is 65.2 cm³/mol. The van der Waals surface area contributed by atoms with Crippen molar-refractivity contribution in [3.63, 3.8) is 0 Å². The van der Waals surface area contributed by atoms with E-state index in [0.717, 1.165) is 32.7 Å². The van der Waals surface area contributed by atoms with E-state index in [1.54, 1.807) is 0 Å². The quantitative estimate of drug-likeness (QED) is 0.717. The number of nitrogens with zero attached hydrogens (tertiary/aromatic N) is 1. The van der Waals surface area contributed by atoms with Crippen LogP contribution in [0.3, 0.4) is 0 Å². The Morgan fingerprint density at radius 3 is 2.69 bits per heavy atom. The Labute approximate surface area is 98.5 Å². The molecule has 16 heavy (non-hydrogen) atoms. The second kappa shape index (κ2) is 5.67. The average molecular weight is 222 g/mol. The Bertz CT molecular complexity index is 253. The molecule has 2 rings (SSSR count). The van der Waals surface area contributed by atoms with Crippen LogP contribution in [0.15, 0.2) is 0 Å². The standard InChI is InChI=1S/C13H22N2O/c1-3-7-15-8-4-12(5-9-15)14-13-6-10-16-11(13)2/h1,11-14H,4-10H2,2H3. The molecule has 0 bridgehead atoms. The van der Waals surface area contributed by atoms with Crippen molar-refractivity contribution in [3.8, 4) is 12.3 Å². The van der Waals surface area contributed by atoms with Gasteiger partial charge in [-0.15, -0.1) is 6.42 Å². The van der Waals surface area contributed by atoms with E-state index < -0.39 is 0 Å². The SMILES string of the molecule is C#CCN1CCC(NC2CCOC2C)CC1. The van der Waals surface area contributed by atoms with E-state index in [1.807, 2.05) is 0 Å². The summed E-state index contributed by atoms with van der Waals surface area (Å²) in [4.78, 5) is 2.35. The fourth-order valence-corrected chi connectivity index (χ4v) is 2.64. The van der Waals surface area contributed by atoms with Crippen molar-refractivity contribution in [2.75, 3.05) is 26.2 Å². The molecule has 3 heteroatoms. The minimum Gasteiger partial charge on any atom is -0.377 e. The van der Waals surface area contributed by atoms with Crippen molar-refractivity contribution in [1.29, 1.82) is 0 Å². The first-order valence-electron chi connectivity index (χ1n) is 6.33. The van der Waals surface area contributed by atoms with Crippen molar-refractivity contribution < 1.29 is 4.74 Å². The Kier molecular flexibility index (Phi) is 4.22. The van der Waals surface area contributed by atoms with Gasteiger partial charge in [0.1, 0.15) is 0 Å². The van der Waals surface area contributed by atoms with Crippen molar-refractivity contribution in [2.45, 2.75) is 44.4 Å². The van der Waals surface area contributed by atoms with E-state index in [2.05, 4.69) is 23.1 Å². The molecule has 0 saturated carbocycles. The lowest BCUT2D eigenvalue weighted by molar-refractivity contribution is 0.107. The van der Waals surface area contributed by atoms with Crippen LogP contribution in [0.5, 0.6) is 0 Å². The van der Waals surface area contributed by atoms with E-state index in [9.17, 15) is 0 Å². The lowest BCUT2D eigenvalue weighted by Crippen LogP contribution is -2.48. The third-order valence-corrected chi connectivity index (χ3v) is 3.73. The zero-order valence-corrected chi connectivity index (χ0v) is 10.1. The molecule has 1 N–H and O–H groups in total. The first-order chi connectivity index (χ1) is 7.79. The third-order valence-electron chi connectivity index (χ3n) is 3.73. The third kappa shape index (κ3) is 2.98. The largest absolute Gasteiger partial charge is 0.377 e. The number of likely N-dealkylation sites (tertiary alicyclic amines) is 1. The van der Waals surface area contributed by atoms with Crippen LogP contribution in [0.1, 0.15) is 26.2 Å². The molecular weight excluding hydrogens is 200 g/mol. The van der Waals surface area contributed by atoms with Crippen molar-refractivity contribution in [1.82, 2.24) is 10.2 Å². The molecule has 2 atom stereocenters. The van der Waals surface area contributed by atoms with Crippen molar-refractivity contribution >= 4 is 0 Å². The highest BCUT2D eigenvalue weighted by Crippen LogP contribution is 2.17. The monoisotopic (exact) mass is 222 g/mol. The van der Waals surface area contributed by atoms with E-state index >= 15 is 0 Å². The van der Waals surface area contributed by atoms with Crippen LogP contribution in [0.2, 0.25) is 0 Å². The number of rotatable bonds is 3. The van der Waals surface area contributed by atoms with Gasteiger partial charge in [-0.25, -0.2) is 0 Å². The summed E-state index contributed by atoms with van der Waals surface area (Å²) in [5.74, 6) is 2.72. The summed E-state index contributed by atoms with van der Waals surface area (Å²) in [6, 6.07) is 1.22. The molecule has 0 aliphatic carbocycles. The Morgan fingerprint density at radius 1 is 1.38 bits per heavy atom. The van der Waals surface area contributed by atoms with Crippen LogP contribution in [0.25, 0.3) is 0 Å². The normalized spacial score (nSPS) is 32.8. The predicted octanol–water partition coefficient (Wildman–Crippen LogP) is 0.851. The molecule has 90 valence electrons. The summed E-state index contributed by atoms with van der Waals surface area (Å²) < 4.78 is 5.57. The second-order valence-electron chi connectivity index (χ2n) is 4.89. The van der Waals surface area contributed by atoms with Gasteiger partial charge in [-0.05, 0) is 26.2 Å². The van der Waals surface area contributed by atoms with Gasteiger partial charge in [0.25, 0.3) is 0 Å². The molecule has 0 radical (unpaired) electrons. The van der Waals surface area contributed by atoms with Crippen LogP contribution in [0, 0.1) is 12.3 Å². The molecule has 0 amide bonds. The summed E-state index contributed by atoms with van der Waals surface area (Å²) in [6.07, 6.45) is 9.28. The van der Waals surface area contributed by atoms with Gasteiger partial charge in [-0.3, -0.25) is 4.90 Å². The molecule has 2 unspecified atom stereocenters. The topological polar surface area (TPSA) is 24.5 Å². The molecule has 2 aliphatic rings. The average Bonchev–Trinajstić information content (AvgIpc) is 2.68. The highest BCUT2D eigenvalue weighted by Gasteiger charge is 2.27. The number of terminal acetylenes is 1. The maximum atomic E-state index is 5.57. The van der Waals surface area contributed by atoms with Gasteiger partial charge in [0.15, 0.2) is 0 Å². The minimum absolute atomic E-state index is 0.378. The number of hydrogen-bond donors (Lipinski definition) is 1. The lowest BCUT2D eigenvalue weighted by Gasteiger charge is -2.33. The van der Waals surface area contributed by atoms with Crippen LogP contribution >= 0.6 is 0 Å². The molecule has 2 heterocycles. The maximum Gasteiger partial charge on any atom is 0.0700 e. The summed E-state index contributed by atoms with van der Waals surface area (Å²) in [5.41, 5.74) is 0. The Hall–Kier alpha value is -0.560. The van der Waals surface area contributed by atoms with Gasteiger partial charge in [-0.1, -0.05) is 5.92 Å². The van der Waals surface area contributed by atoms with E-state index in [-0.39, 0.29) is 0 Å². The molecular formula is C13H22N2O. The first-order valence-corrected chi connectivity index (χ1v) is 6.33. The van der Waals surface area contributed by atoms with Crippen LogP contribution in [0.4, 0.5) is 0 Å². The molecule has 2 aliphatic heterocycles. The summed E-state index contributed by atoms with van der Waals surface area (Å²) in [7, 11) is 0. The maximum absolute atomic E-state index is 5.57. The number of hydrogen-bond acceptors (Lipinski definition) is 3. The molecule has 0 aromatic heterocycles. The molecule has 0 aromatic rings. The smallest absolute Gasteiger partial charge is 0.0700 e. The van der Waals surface area contributed by atoms with Gasteiger partial charge in [0.05, 0.1) is 12.6 Å². The summed E-state index contributed by atoms with van der Waals surface area (Å²) in [6.45, 7) is 6.14. The molecule has 2 fully saturated rings. The second-order valence-corrected chi connectivity index (χ2v) is 4.89. The van der Waals surface area contributed by atoms with Crippen LogP contribution in [-0.4, -0.2) is 49.3 Å². The summed E-state index contributed by atoms with van der Waals surface area (Å²) >= 11 is 0. The summed E-state index contributed by atoms with van der Waals surface area (Å²) in [5, 5.41) is 3.73. The lowest BCUT2D eigenvalue weighted by atomic mass is 10.0. The highest BCUT2D eigenvalue weighted by atomic mass is 16.5. The van der Waals surface area contributed by atoms with E-state index in [0.29, 0.717) is 18.2 Å². The molecule has 0 spiro atoms. The van der Waals surface area contributed by atoms with Gasteiger partial charge in [0, 0.05) is 31.8 Å². The van der Waals surface area contributed by atoms with Gasteiger partial charge >= 0.3 is 0 Å². The number of ether oxygens (including phenoxy) is 1. The Morgan fingerprint density at radius 2 is 2.12 bits per heavy atom. The van der Waals surface area contributed by atoms with E-state index in [1.165, 1.54) is 12.8 Å². The molecule has 2 saturated heterocycles. The van der Waals surface area contributed by atoms with Gasteiger partial charge < -0.3 is 10.1 Å².